The number of aromatic nitrogens is 2. The van der Waals surface area contributed by atoms with Gasteiger partial charge in [-0.15, -0.1) is 0 Å². The summed E-state index contributed by atoms with van der Waals surface area (Å²) in [5.41, 5.74) is 1.31. The molecule has 1 saturated heterocycles. The Morgan fingerprint density at radius 3 is 2.88 bits per heavy atom. The Bertz CT molecular complexity index is 669. The van der Waals surface area contributed by atoms with Gasteiger partial charge in [0.25, 0.3) is 0 Å². The second-order valence-electron chi connectivity index (χ2n) is 6.74. The number of likely N-dealkylation sites (tertiary alicyclic amines) is 1. The lowest BCUT2D eigenvalue weighted by Crippen LogP contribution is -2.44. The van der Waals surface area contributed by atoms with Crippen LogP contribution in [0.2, 0.25) is 0 Å². The Labute approximate surface area is 149 Å². The number of carbonyl (C=O) groups is 1. The van der Waals surface area contributed by atoms with Crippen LogP contribution in [-0.2, 0) is 24.1 Å². The molecule has 0 saturated carbocycles. The number of hydrogen-bond donors (Lipinski definition) is 0. The van der Waals surface area contributed by atoms with Crippen molar-refractivity contribution in [1.82, 2.24) is 15.0 Å². The van der Waals surface area contributed by atoms with Crippen LogP contribution in [0.3, 0.4) is 0 Å². The van der Waals surface area contributed by atoms with Gasteiger partial charge in [0, 0.05) is 31.8 Å². The topological polar surface area (TPSA) is 59.2 Å². The van der Waals surface area contributed by atoms with Gasteiger partial charge in [-0.3, -0.25) is 4.79 Å². The van der Waals surface area contributed by atoms with Crippen molar-refractivity contribution in [1.29, 1.82) is 0 Å². The molecule has 5 heteroatoms. The maximum Gasteiger partial charge on any atom is 0.226 e. The quantitative estimate of drug-likeness (QED) is 0.772. The minimum absolute atomic E-state index is 0.260. The van der Waals surface area contributed by atoms with Gasteiger partial charge in [0.1, 0.15) is 0 Å². The van der Waals surface area contributed by atoms with Crippen LogP contribution in [0.4, 0.5) is 0 Å². The molecule has 134 valence electrons. The number of carbonyl (C=O) groups excluding carboxylic acids is 1. The zero-order valence-corrected chi connectivity index (χ0v) is 15.0. The van der Waals surface area contributed by atoms with Crippen LogP contribution >= 0.6 is 0 Å². The third-order valence-electron chi connectivity index (χ3n) is 4.87. The van der Waals surface area contributed by atoms with E-state index in [1.807, 2.05) is 13.0 Å². The minimum Gasteiger partial charge on any atom is -0.339 e. The van der Waals surface area contributed by atoms with Gasteiger partial charge in [-0.25, -0.2) is 0 Å². The molecule has 3 rings (SSSR count). The Morgan fingerprint density at radius 2 is 2.12 bits per heavy atom. The van der Waals surface area contributed by atoms with E-state index >= 15 is 0 Å². The lowest BCUT2D eigenvalue weighted by atomic mass is 9.95. The highest BCUT2D eigenvalue weighted by Gasteiger charge is 2.26. The number of hydrogen-bond acceptors (Lipinski definition) is 4. The molecule has 0 aliphatic carbocycles. The van der Waals surface area contributed by atoms with Crippen molar-refractivity contribution in [2.45, 2.75) is 64.3 Å². The normalized spacial score (nSPS) is 17.6. The van der Waals surface area contributed by atoms with Crippen molar-refractivity contribution in [3.63, 3.8) is 0 Å². The molecular formula is C20H27N3O2. The first-order chi connectivity index (χ1) is 12.3. The van der Waals surface area contributed by atoms with Crippen LogP contribution in [0.5, 0.6) is 0 Å². The molecule has 1 aliphatic heterocycles. The molecule has 0 spiro atoms. The van der Waals surface area contributed by atoms with E-state index < -0.39 is 0 Å². The van der Waals surface area contributed by atoms with E-state index in [1.54, 1.807) is 0 Å². The average molecular weight is 341 g/mol. The highest BCUT2D eigenvalue weighted by atomic mass is 16.5. The monoisotopic (exact) mass is 341 g/mol. The van der Waals surface area contributed by atoms with Gasteiger partial charge in [0.15, 0.2) is 5.82 Å². The second-order valence-corrected chi connectivity index (χ2v) is 6.74. The number of amides is 1. The van der Waals surface area contributed by atoms with Gasteiger partial charge >= 0.3 is 0 Å². The third-order valence-corrected chi connectivity index (χ3v) is 4.87. The second kappa shape index (κ2) is 8.79. The summed E-state index contributed by atoms with van der Waals surface area (Å²) in [6, 6.07) is 10.8. The predicted octanol–water partition coefficient (Wildman–Crippen LogP) is 3.58. The molecule has 0 bridgehead atoms. The van der Waals surface area contributed by atoms with Crippen LogP contribution in [-0.4, -0.2) is 33.5 Å². The van der Waals surface area contributed by atoms with Crippen LogP contribution < -0.4 is 0 Å². The molecule has 1 amide bonds. The van der Waals surface area contributed by atoms with Gasteiger partial charge in [-0.05, 0) is 37.7 Å². The van der Waals surface area contributed by atoms with Crippen LogP contribution in [0.1, 0.15) is 56.3 Å². The summed E-state index contributed by atoms with van der Waals surface area (Å²) in [6.07, 6.45) is 7.14. The Hall–Kier alpha value is -2.17. The zero-order valence-electron chi connectivity index (χ0n) is 15.0. The number of rotatable bonds is 7. The van der Waals surface area contributed by atoms with Gasteiger partial charge in [0.05, 0.1) is 0 Å². The zero-order chi connectivity index (χ0) is 17.5. The van der Waals surface area contributed by atoms with E-state index in [1.165, 1.54) is 12.0 Å². The van der Waals surface area contributed by atoms with Crippen LogP contribution in [0.25, 0.3) is 0 Å². The van der Waals surface area contributed by atoms with Crippen molar-refractivity contribution in [2.75, 3.05) is 6.54 Å². The molecule has 2 aromatic rings. The van der Waals surface area contributed by atoms with E-state index in [0.29, 0.717) is 24.8 Å². The summed E-state index contributed by atoms with van der Waals surface area (Å²) in [5.74, 6) is 1.64. The van der Waals surface area contributed by atoms with Gasteiger partial charge in [-0.2, -0.15) is 4.98 Å². The average Bonchev–Trinajstić information content (AvgIpc) is 3.11. The summed E-state index contributed by atoms with van der Waals surface area (Å²) in [7, 11) is 0. The predicted molar refractivity (Wildman–Crippen MR) is 96.1 cm³/mol. The highest BCUT2D eigenvalue weighted by molar-refractivity contribution is 5.76. The fourth-order valence-corrected chi connectivity index (χ4v) is 3.50. The molecule has 25 heavy (non-hydrogen) atoms. The highest BCUT2D eigenvalue weighted by Crippen LogP contribution is 2.22. The molecule has 0 N–H and O–H groups in total. The molecule has 1 atom stereocenters. The van der Waals surface area contributed by atoms with Crippen molar-refractivity contribution >= 4 is 5.91 Å². The summed E-state index contributed by atoms with van der Waals surface area (Å²) >= 11 is 0. The Balaban J connectivity index is 1.51. The fraction of sp³-hybridized carbons (Fsp3) is 0.550. The summed E-state index contributed by atoms with van der Waals surface area (Å²) in [5, 5.41) is 3.90. The van der Waals surface area contributed by atoms with Gasteiger partial charge in [-0.1, -0.05) is 42.4 Å². The van der Waals surface area contributed by atoms with Crippen LogP contribution in [0, 0.1) is 0 Å². The van der Waals surface area contributed by atoms with E-state index in [-0.39, 0.29) is 5.91 Å². The molecule has 5 nitrogen and oxygen atoms in total. The first-order valence-electron chi connectivity index (χ1n) is 9.41. The lowest BCUT2D eigenvalue weighted by Gasteiger charge is -2.36. The number of aryl methyl sites for hydroxylation is 2. The molecule has 1 aromatic heterocycles. The maximum atomic E-state index is 12.7. The van der Waals surface area contributed by atoms with Crippen molar-refractivity contribution in [3.8, 4) is 0 Å². The Morgan fingerprint density at radius 1 is 1.28 bits per heavy atom. The number of benzene rings is 1. The smallest absolute Gasteiger partial charge is 0.226 e. The van der Waals surface area contributed by atoms with Crippen molar-refractivity contribution in [3.05, 3.63) is 47.6 Å². The summed E-state index contributed by atoms with van der Waals surface area (Å²) in [4.78, 5) is 19.1. The first kappa shape index (κ1) is 17.6. The van der Waals surface area contributed by atoms with E-state index in [9.17, 15) is 4.79 Å². The molecule has 1 aliphatic rings. The first-order valence-corrected chi connectivity index (χ1v) is 9.41. The van der Waals surface area contributed by atoms with Gasteiger partial charge < -0.3 is 9.42 Å². The fourth-order valence-electron chi connectivity index (χ4n) is 3.50. The van der Waals surface area contributed by atoms with E-state index in [2.05, 4.69) is 39.3 Å². The lowest BCUT2D eigenvalue weighted by molar-refractivity contribution is -0.134. The van der Waals surface area contributed by atoms with E-state index in [4.69, 9.17) is 4.52 Å². The van der Waals surface area contributed by atoms with Crippen molar-refractivity contribution in [2.24, 2.45) is 0 Å². The largest absolute Gasteiger partial charge is 0.339 e. The SMILES string of the molecule is CCc1noc(CCCC(=O)N2CCCC[C@H]2Cc2ccccc2)n1. The summed E-state index contributed by atoms with van der Waals surface area (Å²) < 4.78 is 5.20. The third kappa shape index (κ3) is 4.91. The Kier molecular flexibility index (Phi) is 6.20. The maximum absolute atomic E-state index is 12.7. The van der Waals surface area contributed by atoms with E-state index in [0.717, 1.165) is 44.5 Å². The van der Waals surface area contributed by atoms with Gasteiger partial charge in [0.2, 0.25) is 11.8 Å². The summed E-state index contributed by atoms with van der Waals surface area (Å²) in [6.45, 7) is 2.89. The molecule has 1 aromatic carbocycles. The van der Waals surface area contributed by atoms with Crippen molar-refractivity contribution < 1.29 is 9.32 Å². The number of piperidine rings is 1. The molecule has 2 heterocycles. The molecule has 1 fully saturated rings. The molecule has 0 unspecified atom stereocenters. The standard InChI is InChI=1S/C20H27N3O2/c1-2-18-21-19(25-22-18)12-8-13-20(24)23-14-7-6-11-17(23)15-16-9-4-3-5-10-16/h3-5,9-10,17H,2,6-8,11-15H2,1H3/t17-/m0/s1. The van der Waals surface area contributed by atoms with Crippen LogP contribution in [0.15, 0.2) is 34.9 Å². The molecule has 0 radical (unpaired) electrons. The molecular weight excluding hydrogens is 314 g/mol. The minimum atomic E-state index is 0.260. The number of nitrogens with zero attached hydrogens (tertiary/aromatic N) is 3.